The molecule has 2 N–H and O–H groups in total. The number of ether oxygens (including phenoxy) is 1. The van der Waals surface area contributed by atoms with Crippen LogP contribution in [0.4, 0.5) is 5.95 Å². The van der Waals surface area contributed by atoms with Gasteiger partial charge in [0.1, 0.15) is 17.2 Å². The molecular weight excluding hydrogens is 356 g/mol. The molecule has 28 heavy (non-hydrogen) atoms. The molecule has 8 nitrogen and oxygen atoms in total. The van der Waals surface area contributed by atoms with Crippen LogP contribution in [0.25, 0.3) is 0 Å². The van der Waals surface area contributed by atoms with Crippen LogP contribution in [0, 0.1) is 0 Å². The fraction of sp³-hybridized carbons (Fsp3) is 0.300. The normalized spacial score (nSPS) is 14.6. The summed E-state index contributed by atoms with van der Waals surface area (Å²) in [4.78, 5) is 21.3. The number of para-hydroxylation sites is 1. The number of piperidine rings is 1. The van der Waals surface area contributed by atoms with Crippen LogP contribution in [0.5, 0.6) is 11.5 Å². The van der Waals surface area contributed by atoms with Crippen molar-refractivity contribution >= 4 is 11.9 Å². The lowest BCUT2D eigenvalue weighted by Crippen LogP contribution is -2.27. The van der Waals surface area contributed by atoms with E-state index in [0.29, 0.717) is 23.4 Å². The van der Waals surface area contributed by atoms with Crippen molar-refractivity contribution in [2.75, 3.05) is 18.4 Å². The smallest absolute Gasteiger partial charge is 0.276 e. The van der Waals surface area contributed by atoms with Crippen molar-refractivity contribution in [3.63, 3.8) is 0 Å². The molecule has 1 aliphatic heterocycles. The molecule has 0 spiro atoms. The van der Waals surface area contributed by atoms with Gasteiger partial charge in [0.25, 0.3) is 5.91 Å². The molecule has 8 heteroatoms. The second-order valence-corrected chi connectivity index (χ2v) is 6.69. The number of pyridine rings is 1. The van der Waals surface area contributed by atoms with E-state index < -0.39 is 0 Å². The average molecular weight is 378 g/mol. The summed E-state index contributed by atoms with van der Waals surface area (Å²) in [6.07, 6.45) is 3.54. The lowest BCUT2D eigenvalue weighted by Gasteiger charge is -2.19. The zero-order valence-corrected chi connectivity index (χ0v) is 15.6. The monoisotopic (exact) mass is 378 g/mol. The number of benzene rings is 1. The number of aromatic nitrogens is 4. The van der Waals surface area contributed by atoms with Crippen LogP contribution in [-0.4, -0.2) is 38.7 Å². The highest BCUT2D eigenvalue weighted by Crippen LogP contribution is 2.24. The second kappa shape index (κ2) is 8.18. The number of hydrogen-bond donors (Lipinski definition) is 2. The van der Waals surface area contributed by atoms with Gasteiger partial charge in [-0.2, -0.15) is 10.1 Å². The average Bonchev–Trinajstić information content (AvgIpc) is 3.10. The standard InChI is InChI=1S/C20H22N6O2/c1-26-20(23-18(25-26)14-7-10-21-11-8-14)24-19(27)17-13-16(9-12-22-17)28-15-5-3-2-4-6-15/h2-6,9,12-14,21H,7-8,10-11H2,1H3,(H,23,24,25,27). The minimum Gasteiger partial charge on any atom is -0.457 e. The number of carbonyl (C=O) groups excluding carboxylic acids is 1. The Bertz CT molecular complexity index is 950. The van der Waals surface area contributed by atoms with Crippen LogP contribution in [0.2, 0.25) is 0 Å². The maximum absolute atomic E-state index is 12.6. The Labute approximate surface area is 163 Å². The molecule has 0 atom stereocenters. The molecule has 0 unspecified atom stereocenters. The van der Waals surface area contributed by atoms with Gasteiger partial charge in [-0.3, -0.25) is 15.1 Å². The first-order valence-corrected chi connectivity index (χ1v) is 9.31. The third-order valence-electron chi connectivity index (χ3n) is 4.65. The van der Waals surface area contributed by atoms with Crippen LogP contribution < -0.4 is 15.4 Å². The van der Waals surface area contributed by atoms with Crippen molar-refractivity contribution in [1.82, 2.24) is 25.1 Å². The van der Waals surface area contributed by atoms with Crippen LogP contribution in [0.1, 0.15) is 35.1 Å². The van der Waals surface area contributed by atoms with E-state index in [1.54, 1.807) is 30.1 Å². The van der Waals surface area contributed by atoms with E-state index in [2.05, 4.69) is 25.7 Å². The summed E-state index contributed by atoms with van der Waals surface area (Å²) >= 11 is 0. The summed E-state index contributed by atoms with van der Waals surface area (Å²) in [5.41, 5.74) is 0.250. The molecule has 1 aromatic carbocycles. The minimum absolute atomic E-state index is 0.250. The number of nitrogens with zero attached hydrogens (tertiary/aromatic N) is 4. The predicted molar refractivity (Wildman–Crippen MR) is 105 cm³/mol. The Morgan fingerprint density at radius 3 is 2.75 bits per heavy atom. The lowest BCUT2D eigenvalue weighted by molar-refractivity contribution is 0.102. The van der Waals surface area contributed by atoms with Crippen molar-refractivity contribution in [1.29, 1.82) is 0 Å². The van der Waals surface area contributed by atoms with Crippen LogP contribution in [0.3, 0.4) is 0 Å². The molecule has 0 bridgehead atoms. The minimum atomic E-state index is -0.356. The molecule has 3 aromatic rings. The predicted octanol–water partition coefficient (Wildman–Crippen LogP) is 2.72. The van der Waals surface area contributed by atoms with Gasteiger partial charge in [-0.05, 0) is 44.1 Å². The summed E-state index contributed by atoms with van der Waals surface area (Å²) in [6.45, 7) is 1.92. The number of aryl methyl sites for hydroxylation is 1. The van der Waals surface area contributed by atoms with Crippen LogP contribution in [0.15, 0.2) is 48.7 Å². The molecule has 0 aliphatic carbocycles. The van der Waals surface area contributed by atoms with Gasteiger partial charge < -0.3 is 10.1 Å². The molecule has 1 fully saturated rings. The largest absolute Gasteiger partial charge is 0.457 e. The van der Waals surface area contributed by atoms with Crippen molar-refractivity contribution in [2.24, 2.45) is 7.05 Å². The molecule has 2 aromatic heterocycles. The quantitative estimate of drug-likeness (QED) is 0.709. The maximum Gasteiger partial charge on any atom is 0.276 e. The fourth-order valence-corrected chi connectivity index (χ4v) is 3.16. The van der Waals surface area contributed by atoms with Gasteiger partial charge in [0.05, 0.1) is 0 Å². The van der Waals surface area contributed by atoms with Crippen LogP contribution in [-0.2, 0) is 7.05 Å². The van der Waals surface area contributed by atoms with Gasteiger partial charge in [-0.1, -0.05) is 18.2 Å². The van der Waals surface area contributed by atoms with Crippen molar-refractivity contribution in [2.45, 2.75) is 18.8 Å². The fourth-order valence-electron chi connectivity index (χ4n) is 3.16. The highest BCUT2D eigenvalue weighted by Gasteiger charge is 2.21. The van der Waals surface area contributed by atoms with E-state index in [9.17, 15) is 4.79 Å². The third-order valence-corrected chi connectivity index (χ3v) is 4.65. The first-order valence-electron chi connectivity index (χ1n) is 9.31. The van der Waals surface area contributed by atoms with Gasteiger partial charge in [-0.25, -0.2) is 4.68 Å². The SMILES string of the molecule is Cn1nc(C2CCNCC2)nc1NC(=O)c1cc(Oc2ccccc2)ccn1. The summed E-state index contributed by atoms with van der Waals surface area (Å²) in [6, 6.07) is 12.7. The topological polar surface area (TPSA) is 94.0 Å². The lowest BCUT2D eigenvalue weighted by atomic mass is 9.98. The van der Waals surface area contributed by atoms with E-state index in [0.717, 1.165) is 31.8 Å². The third kappa shape index (κ3) is 4.17. The van der Waals surface area contributed by atoms with E-state index in [-0.39, 0.29) is 11.6 Å². The number of nitrogens with one attached hydrogen (secondary N) is 2. The molecule has 1 aliphatic rings. The zero-order valence-electron chi connectivity index (χ0n) is 15.6. The molecule has 3 heterocycles. The molecule has 4 rings (SSSR count). The van der Waals surface area contributed by atoms with Crippen molar-refractivity contribution in [3.05, 3.63) is 60.2 Å². The zero-order chi connectivity index (χ0) is 19.3. The van der Waals surface area contributed by atoms with Gasteiger partial charge in [0.15, 0.2) is 5.82 Å². The number of anilines is 1. The highest BCUT2D eigenvalue weighted by atomic mass is 16.5. The van der Waals surface area contributed by atoms with E-state index >= 15 is 0 Å². The number of hydrogen-bond acceptors (Lipinski definition) is 6. The number of carbonyl (C=O) groups is 1. The van der Waals surface area contributed by atoms with E-state index in [1.165, 1.54) is 0 Å². The highest BCUT2D eigenvalue weighted by molar-refractivity contribution is 6.02. The van der Waals surface area contributed by atoms with Gasteiger partial charge in [-0.15, -0.1) is 0 Å². The number of rotatable bonds is 5. The molecule has 1 saturated heterocycles. The van der Waals surface area contributed by atoms with E-state index in [4.69, 9.17) is 4.74 Å². The maximum atomic E-state index is 12.6. The molecule has 0 saturated carbocycles. The van der Waals surface area contributed by atoms with Crippen molar-refractivity contribution < 1.29 is 9.53 Å². The summed E-state index contributed by atoms with van der Waals surface area (Å²) in [5.74, 6) is 2.38. The first kappa shape index (κ1) is 18.1. The second-order valence-electron chi connectivity index (χ2n) is 6.69. The van der Waals surface area contributed by atoms with Gasteiger partial charge in [0, 0.05) is 25.2 Å². The van der Waals surface area contributed by atoms with Gasteiger partial charge >= 0.3 is 0 Å². The molecule has 1 amide bonds. The Balaban J connectivity index is 1.46. The van der Waals surface area contributed by atoms with Gasteiger partial charge in [0.2, 0.25) is 5.95 Å². The molecule has 0 radical (unpaired) electrons. The number of amides is 1. The Morgan fingerprint density at radius 1 is 1.18 bits per heavy atom. The van der Waals surface area contributed by atoms with Crippen molar-refractivity contribution in [3.8, 4) is 11.5 Å². The summed E-state index contributed by atoms with van der Waals surface area (Å²) in [7, 11) is 1.77. The Morgan fingerprint density at radius 2 is 1.96 bits per heavy atom. The Hall–Kier alpha value is -3.26. The Kier molecular flexibility index (Phi) is 5.29. The molecular formula is C20H22N6O2. The summed E-state index contributed by atoms with van der Waals surface area (Å²) < 4.78 is 7.36. The summed E-state index contributed by atoms with van der Waals surface area (Å²) in [5, 5.41) is 10.6. The van der Waals surface area contributed by atoms with E-state index in [1.807, 2.05) is 30.3 Å². The first-order chi connectivity index (χ1) is 13.7. The van der Waals surface area contributed by atoms with Crippen LogP contribution >= 0.6 is 0 Å². The molecule has 144 valence electrons.